The van der Waals surface area contributed by atoms with Crippen molar-refractivity contribution in [2.75, 3.05) is 0 Å². The van der Waals surface area contributed by atoms with E-state index in [-0.39, 0.29) is 12.4 Å². The number of rotatable bonds is 2. The Labute approximate surface area is 50.7 Å². The summed E-state index contributed by atoms with van der Waals surface area (Å²) in [4.78, 5) is 0. The summed E-state index contributed by atoms with van der Waals surface area (Å²) in [6.45, 7) is 2.08. The quantitative estimate of drug-likeness (QED) is 0.511. The van der Waals surface area contributed by atoms with Crippen molar-refractivity contribution in [1.82, 2.24) is 0 Å². The van der Waals surface area contributed by atoms with Crippen LogP contribution in [0.1, 0.15) is 26.2 Å². The number of halogens is 1. The summed E-state index contributed by atoms with van der Waals surface area (Å²) in [6.07, 6.45) is 2.90. The van der Waals surface area contributed by atoms with Crippen molar-refractivity contribution in [3.8, 4) is 6.07 Å². The third-order valence-electron chi connectivity index (χ3n) is 0.642. The molecule has 0 aliphatic heterocycles. The molecule has 0 unspecified atom stereocenters. The first-order valence-corrected chi connectivity index (χ1v) is 2.28. The van der Waals surface area contributed by atoms with Crippen LogP contribution in [-0.4, -0.2) is 0 Å². The average Bonchev–Trinajstić information content (AvgIpc) is 1.61. The van der Waals surface area contributed by atoms with E-state index in [1.54, 1.807) is 0 Å². The van der Waals surface area contributed by atoms with E-state index in [0.717, 1.165) is 19.3 Å². The minimum absolute atomic E-state index is 0. The molecule has 2 heteroatoms. The second-order valence-corrected chi connectivity index (χ2v) is 1.26. The van der Waals surface area contributed by atoms with Crippen LogP contribution in [0.3, 0.4) is 0 Å². The van der Waals surface area contributed by atoms with Gasteiger partial charge < -0.3 is 0 Å². The fraction of sp³-hybridized carbons (Fsp3) is 0.800. The highest BCUT2D eigenvalue weighted by atomic mass is 35.5. The number of hydrogen-bond acceptors (Lipinski definition) is 1. The lowest BCUT2D eigenvalue weighted by Gasteiger charge is -1.77. The molecule has 0 aromatic heterocycles. The fourth-order valence-corrected chi connectivity index (χ4v) is 0.256. The molecule has 0 rings (SSSR count). The van der Waals surface area contributed by atoms with E-state index in [4.69, 9.17) is 5.26 Å². The molecule has 0 spiro atoms. The molecule has 0 fully saturated rings. The van der Waals surface area contributed by atoms with Crippen LogP contribution in [0.4, 0.5) is 0 Å². The fourth-order valence-electron chi connectivity index (χ4n) is 0.256. The molecule has 0 aromatic carbocycles. The van der Waals surface area contributed by atoms with Crippen LogP contribution in [-0.2, 0) is 0 Å². The molecule has 0 saturated carbocycles. The average molecular weight is 120 g/mol. The van der Waals surface area contributed by atoms with Crippen LogP contribution >= 0.6 is 12.4 Å². The molecule has 0 radical (unpaired) electrons. The number of nitriles is 1. The molecule has 0 aromatic rings. The number of unbranched alkanes of at least 4 members (excludes halogenated alkanes) is 2. The Balaban J connectivity index is 0. The maximum absolute atomic E-state index is 7.95. The summed E-state index contributed by atoms with van der Waals surface area (Å²) in [5.74, 6) is 0. The molecule has 0 aliphatic rings. The molecule has 7 heavy (non-hydrogen) atoms. The van der Waals surface area contributed by atoms with Gasteiger partial charge in [0.25, 0.3) is 0 Å². The summed E-state index contributed by atoms with van der Waals surface area (Å²) >= 11 is 0. The lowest BCUT2D eigenvalue weighted by atomic mass is 10.3. The first kappa shape index (κ1) is 9.91. The molecular weight excluding hydrogens is 110 g/mol. The zero-order valence-corrected chi connectivity index (χ0v) is 5.29. The second-order valence-electron chi connectivity index (χ2n) is 1.26. The number of hydrogen-bond donors (Lipinski definition) is 0. The van der Waals surface area contributed by atoms with Gasteiger partial charge in [0, 0.05) is 6.42 Å². The van der Waals surface area contributed by atoms with Crippen LogP contribution in [0.25, 0.3) is 0 Å². The molecule has 42 valence electrons. The van der Waals surface area contributed by atoms with Crippen molar-refractivity contribution in [3.63, 3.8) is 0 Å². The molecule has 0 N–H and O–H groups in total. The van der Waals surface area contributed by atoms with Crippen LogP contribution in [0.5, 0.6) is 0 Å². The third kappa shape index (κ3) is 10.7. The third-order valence-corrected chi connectivity index (χ3v) is 0.642. The molecular formula is C5H10ClN. The summed E-state index contributed by atoms with van der Waals surface area (Å²) in [7, 11) is 0. The van der Waals surface area contributed by atoms with Gasteiger partial charge in [0.15, 0.2) is 0 Å². The van der Waals surface area contributed by atoms with Crippen molar-refractivity contribution in [1.29, 1.82) is 5.26 Å². The predicted octanol–water partition coefficient (Wildman–Crippen LogP) is 2.12. The predicted molar refractivity (Wildman–Crippen MR) is 32.4 cm³/mol. The van der Waals surface area contributed by atoms with Gasteiger partial charge in [-0.25, -0.2) is 0 Å². The standard InChI is InChI=1S/C5H9N.ClH/c1-2-3-4-5-6;/h2-4H2,1H3;1H. The Morgan fingerprint density at radius 1 is 1.57 bits per heavy atom. The molecule has 0 saturated heterocycles. The SMILES string of the molecule is CCCCC#N.Cl. The zero-order chi connectivity index (χ0) is 4.83. The Morgan fingerprint density at radius 2 is 2.14 bits per heavy atom. The highest BCUT2D eigenvalue weighted by Crippen LogP contribution is 1.88. The molecule has 0 aliphatic carbocycles. The minimum atomic E-state index is 0. The van der Waals surface area contributed by atoms with E-state index in [1.807, 2.05) is 0 Å². The zero-order valence-electron chi connectivity index (χ0n) is 4.48. The van der Waals surface area contributed by atoms with Gasteiger partial charge in [-0.2, -0.15) is 5.26 Å². The van der Waals surface area contributed by atoms with E-state index in [9.17, 15) is 0 Å². The van der Waals surface area contributed by atoms with Crippen LogP contribution < -0.4 is 0 Å². The van der Waals surface area contributed by atoms with Crippen LogP contribution in [0.15, 0.2) is 0 Å². The van der Waals surface area contributed by atoms with Gasteiger partial charge >= 0.3 is 0 Å². The van der Waals surface area contributed by atoms with E-state index in [0.29, 0.717) is 0 Å². The highest BCUT2D eigenvalue weighted by molar-refractivity contribution is 5.85. The first-order valence-electron chi connectivity index (χ1n) is 2.28. The molecule has 0 bridgehead atoms. The van der Waals surface area contributed by atoms with E-state index >= 15 is 0 Å². The van der Waals surface area contributed by atoms with E-state index < -0.39 is 0 Å². The topological polar surface area (TPSA) is 23.8 Å². The Morgan fingerprint density at radius 3 is 2.29 bits per heavy atom. The van der Waals surface area contributed by atoms with Gasteiger partial charge in [0.05, 0.1) is 6.07 Å². The normalized spacial score (nSPS) is 6.29. The monoisotopic (exact) mass is 119 g/mol. The summed E-state index contributed by atoms with van der Waals surface area (Å²) < 4.78 is 0. The van der Waals surface area contributed by atoms with Gasteiger partial charge in [-0.1, -0.05) is 13.3 Å². The van der Waals surface area contributed by atoms with Gasteiger partial charge in [0.1, 0.15) is 0 Å². The number of nitrogens with zero attached hydrogens (tertiary/aromatic N) is 1. The van der Waals surface area contributed by atoms with Gasteiger partial charge in [0.2, 0.25) is 0 Å². The minimum Gasteiger partial charge on any atom is -0.198 e. The van der Waals surface area contributed by atoms with Crippen molar-refractivity contribution in [3.05, 3.63) is 0 Å². The molecule has 1 nitrogen and oxygen atoms in total. The second kappa shape index (κ2) is 9.24. The smallest absolute Gasteiger partial charge is 0.0621 e. The highest BCUT2D eigenvalue weighted by Gasteiger charge is 1.74. The van der Waals surface area contributed by atoms with Crippen LogP contribution in [0.2, 0.25) is 0 Å². The molecule has 0 amide bonds. The van der Waals surface area contributed by atoms with Crippen molar-refractivity contribution >= 4 is 12.4 Å². The molecule has 0 atom stereocenters. The lowest BCUT2D eigenvalue weighted by molar-refractivity contribution is 0.822. The van der Waals surface area contributed by atoms with E-state index in [2.05, 4.69) is 13.0 Å². The summed E-state index contributed by atoms with van der Waals surface area (Å²) in [5, 5.41) is 7.95. The lowest BCUT2D eigenvalue weighted by Crippen LogP contribution is -1.62. The largest absolute Gasteiger partial charge is 0.198 e. The van der Waals surface area contributed by atoms with E-state index in [1.165, 1.54) is 0 Å². The summed E-state index contributed by atoms with van der Waals surface area (Å²) in [5.41, 5.74) is 0. The Bertz CT molecular complexity index is 55.6. The first-order chi connectivity index (χ1) is 2.91. The maximum atomic E-state index is 7.95. The van der Waals surface area contributed by atoms with Crippen molar-refractivity contribution in [2.24, 2.45) is 0 Å². The van der Waals surface area contributed by atoms with Crippen molar-refractivity contribution in [2.45, 2.75) is 26.2 Å². The van der Waals surface area contributed by atoms with Gasteiger partial charge in [-0.05, 0) is 6.42 Å². The maximum Gasteiger partial charge on any atom is 0.0621 e. The van der Waals surface area contributed by atoms with Crippen LogP contribution in [0, 0.1) is 11.3 Å². The molecule has 0 heterocycles. The Hall–Kier alpha value is -0.220. The Kier molecular flexibility index (Phi) is 13.1. The van der Waals surface area contributed by atoms with Gasteiger partial charge in [-0.15, -0.1) is 12.4 Å². The summed E-state index contributed by atoms with van der Waals surface area (Å²) in [6, 6.07) is 2.07. The van der Waals surface area contributed by atoms with Gasteiger partial charge in [-0.3, -0.25) is 0 Å². The van der Waals surface area contributed by atoms with Crippen molar-refractivity contribution < 1.29 is 0 Å².